The van der Waals surface area contributed by atoms with Crippen LogP contribution in [0.5, 0.6) is 0 Å². The molecule has 2 aromatic heterocycles. The summed E-state index contributed by atoms with van der Waals surface area (Å²) in [5, 5.41) is 4.26. The van der Waals surface area contributed by atoms with Crippen LogP contribution < -0.4 is 10.9 Å². The Morgan fingerprint density at radius 3 is 2.87 bits per heavy atom. The van der Waals surface area contributed by atoms with Gasteiger partial charge in [-0.2, -0.15) is 0 Å². The van der Waals surface area contributed by atoms with Crippen molar-refractivity contribution < 1.29 is 9.53 Å². The Labute approximate surface area is 177 Å². The van der Waals surface area contributed by atoms with Crippen LogP contribution in [0.25, 0.3) is 21.9 Å². The maximum Gasteiger partial charge on any atom is 0.278 e. The third kappa shape index (κ3) is 4.10. The van der Waals surface area contributed by atoms with Gasteiger partial charge in [0, 0.05) is 23.7 Å². The average Bonchev–Trinajstić information content (AvgIpc) is 3.11. The van der Waals surface area contributed by atoms with Crippen LogP contribution in [0.2, 0.25) is 0 Å². The van der Waals surface area contributed by atoms with E-state index in [1.807, 2.05) is 55.5 Å². The van der Waals surface area contributed by atoms with Crippen LogP contribution in [-0.4, -0.2) is 39.9 Å². The predicted octanol–water partition coefficient (Wildman–Crippen LogP) is 3.56. The van der Waals surface area contributed by atoms with Crippen LogP contribution in [-0.2, 0) is 16.1 Å². The van der Waals surface area contributed by atoms with Crippen molar-refractivity contribution in [1.82, 2.24) is 14.5 Å². The first-order valence-corrected chi connectivity index (χ1v) is 10.5. The highest BCUT2D eigenvalue weighted by Crippen LogP contribution is 2.24. The first kappa shape index (κ1) is 20.2. The zero-order valence-corrected chi connectivity index (χ0v) is 17.6. The van der Waals surface area contributed by atoms with Crippen molar-refractivity contribution in [3.63, 3.8) is 0 Å². The summed E-state index contributed by atoms with van der Waals surface area (Å²) >= 11 is 1.24. The number of benzene rings is 2. The summed E-state index contributed by atoms with van der Waals surface area (Å²) in [4.78, 5) is 33.5. The first-order chi connectivity index (χ1) is 14.6. The maximum atomic E-state index is 13.1. The third-order valence-corrected chi connectivity index (χ3v) is 5.71. The van der Waals surface area contributed by atoms with Gasteiger partial charge < -0.3 is 15.0 Å². The van der Waals surface area contributed by atoms with Crippen LogP contribution in [0, 0.1) is 6.92 Å². The van der Waals surface area contributed by atoms with E-state index in [0.717, 1.165) is 22.2 Å². The molecule has 0 unspecified atom stereocenters. The SMILES string of the molecule is COCCn1c(SCC(=O)Nc2cccc(C)c2)nc2c([nH]c3ccccc32)c1=O. The number of para-hydroxylation sites is 1. The number of anilines is 1. The van der Waals surface area contributed by atoms with Gasteiger partial charge >= 0.3 is 0 Å². The molecule has 0 saturated carbocycles. The normalized spacial score (nSPS) is 11.3. The van der Waals surface area contributed by atoms with Gasteiger partial charge in [0.2, 0.25) is 5.91 Å². The van der Waals surface area contributed by atoms with Crippen molar-refractivity contribution in [2.24, 2.45) is 0 Å². The molecule has 7 nitrogen and oxygen atoms in total. The van der Waals surface area contributed by atoms with E-state index in [2.05, 4.69) is 10.3 Å². The summed E-state index contributed by atoms with van der Waals surface area (Å²) in [5.74, 6) is -0.0153. The monoisotopic (exact) mass is 422 g/mol. The average molecular weight is 423 g/mol. The number of aromatic nitrogens is 3. The standard InChI is InChI=1S/C22H22N4O3S/c1-14-6-5-7-15(12-14)23-18(27)13-30-22-25-19-16-8-3-4-9-17(16)24-20(19)21(28)26(22)10-11-29-2/h3-9,12,24H,10-11,13H2,1-2H3,(H,23,27). The Hall–Kier alpha value is -3.10. The predicted molar refractivity (Wildman–Crippen MR) is 120 cm³/mol. The fraction of sp³-hybridized carbons (Fsp3) is 0.227. The zero-order chi connectivity index (χ0) is 21.1. The molecule has 0 bridgehead atoms. The number of aryl methyl sites for hydroxylation is 1. The number of hydrogen-bond donors (Lipinski definition) is 2. The van der Waals surface area contributed by atoms with Crippen molar-refractivity contribution in [2.45, 2.75) is 18.6 Å². The Balaban J connectivity index is 1.65. The molecular formula is C22H22N4O3S. The molecule has 0 radical (unpaired) electrons. The smallest absolute Gasteiger partial charge is 0.278 e. The Morgan fingerprint density at radius 2 is 2.07 bits per heavy atom. The summed E-state index contributed by atoms with van der Waals surface area (Å²) in [6.45, 7) is 2.70. The zero-order valence-electron chi connectivity index (χ0n) is 16.8. The number of nitrogens with zero attached hydrogens (tertiary/aromatic N) is 2. The summed E-state index contributed by atoms with van der Waals surface area (Å²) in [6, 6.07) is 15.3. The number of carbonyl (C=O) groups excluding carboxylic acids is 1. The molecule has 8 heteroatoms. The van der Waals surface area contributed by atoms with Crippen LogP contribution >= 0.6 is 11.8 Å². The highest BCUT2D eigenvalue weighted by atomic mass is 32.2. The molecule has 0 aliphatic rings. The molecule has 0 aliphatic carbocycles. The third-order valence-electron chi connectivity index (χ3n) is 4.73. The largest absolute Gasteiger partial charge is 0.383 e. The molecule has 2 aromatic carbocycles. The van der Waals surface area contributed by atoms with Crippen LogP contribution in [0.3, 0.4) is 0 Å². The van der Waals surface area contributed by atoms with Gasteiger partial charge in [-0.3, -0.25) is 14.2 Å². The van der Waals surface area contributed by atoms with Gasteiger partial charge in [-0.25, -0.2) is 4.98 Å². The number of H-pyrrole nitrogens is 1. The van der Waals surface area contributed by atoms with Gasteiger partial charge in [0.25, 0.3) is 5.56 Å². The molecule has 154 valence electrons. The molecule has 4 aromatic rings. The fourth-order valence-corrected chi connectivity index (χ4v) is 4.13. The lowest BCUT2D eigenvalue weighted by atomic mass is 10.2. The highest BCUT2D eigenvalue weighted by Gasteiger charge is 2.17. The Bertz CT molecular complexity index is 1280. The quantitative estimate of drug-likeness (QED) is 0.351. The summed E-state index contributed by atoms with van der Waals surface area (Å²) in [6.07, 6.45) is 0. The first-order valence-electron chi connectivity index (χ1n) is 9.56. The van der Waals surface area contributed by atoms with Crippen LogP contribution in [0.4, 0.5) is 5.69 Å². The van der Waals surface area contributed by atoms with E-state index in [4.69, 9.17) is 9.72 Å². The van der Waals surface area contributed by atoms with Gasteiger partial charge in [0.1, 0.15) is 11.0 Å². The number of rotatable bonds is 7. The number of methoxy groups -OCH3 is 1. The number of amides is 1. The van der Waals surface area contributed by atoms with Gasteiger partial charge in [-0.05, 0) is 30.7 Å². The van der Waals surface area contributed by atoms with Gasteiger partial charge in [0.15, 0.2) is 5.16 Å². The maximum absolute atomic E-state index is 13.1. The van der Waals surface area contributed by atoms with E-state index in [1.54, 1.807) is 11.7 Å². The van der Waals surface area contributed by atoms with Crippen LogP contribution in [0.15, 0.2) is 58.5 Å². The summed E-state index contributed by atoms with van der Waals surface area (Å²) in [5.41, 5.74) is 3.58. The summed E-state index contributed by atoms with van der Waals surface area (Å²) < 4.78 is 6.72. The lowest BCUT2D eigenvalue weighted by Gasteiger charge is -2.12. The van der Waals surface area contributed by atoms with Crippen LogP contribution in [0.1, 0.15) is 5.56 Å². The van der Waals surface area contributed by atoms with Gasteiger partial charge in [-0.15, -0.1) is 0 Å². The lowest BCUT2D eigenvalue weighted by Crippen LogP contribution is -2.26. The number of ether oxygens (including phenoxy) is 1. The molecule has 0 fully saturated rings. The fourth-order valence-electron chi connectivity index (χ4n) is 3.32. The number of thioether (sulfide) groups is 1. The minimum Gasteiger partial charge on any atom is -0.383 e. The lowest BCUT2D eigenvalue weighted by molar-refractivity contribution is -0.113. The van der Waals surface area contributed by atoms with Crippen molar-refractivity contribution in [2.75, 3.05) is 24.8 Å². The number of nitrogens with one attached hydrogen (secondary N) is 2. The second kappa shape index (κ2) is 8.73. The number of fused-ring (bicyclic) bond motifs is 3. The summed E-state index contributed by atoms with van der Waals surface area (Å²) in [7, 11) is 1.59. The molecule has 4 rings (SSSR count). The molecule has 0 atom stereocenters. The van der Waals surface area contributed by atoms with Crippen molar-refractivity contribution in [3.05, 3.63) is 64.4 Å². The van der Waals surface area contributed by atoms with Gasteiger partial charge in [0.05, 0.1) is 18.9 Å². The van der Waals surface area contributed by atoms with E-state index in [-0.39, 0.29) is 17.2 Å². The number of hydrogen-bond acceptors (Lipinski definition) is 5. The van der Waals surface area contributed by atoms with E-state index in [9.17, 15) is 9.59 Å². The minimum absolute atomic E-state index is 0.140. The molecule has 2 N–H and O–H groups in total. The molecular weight excluding hydrogens is 400 g/mol. The Morgan fingerprint density at radius 1 is 1.23 bits per heavy atom. The molecule has 0 spiro atoms. The second-order valence-corrected chi connectivity index (χ2v) is 7.89. The second-order valence-electron chi connectivity index (χ2n) is 6.94. The molecule has 0 saturated heterocycles. The van der Waals surface area contributed by atoms with E-state index in [0.29, 0.717) is 29.3 Å². The van der Waals surface area contributed by atoms with E-state index < -0.39 is 0 Å². The topological polar surface area (TPSA) is 89.0 Å². The van der Waals surface area contributed by atoms with E-state index in [1.165, 1.54) is 11.8 Å². The van der Waals surface area contributed by atoms with Crippen molar-refractivity contribution in [1.29, 1.82) is 0 Å². The number of carbonyl (C=O) groups is 1. The molecule has 0 aliphatic heterocycles. The van der Waals surface area contributed by atoms with Crippen molar-refractivity contribution >= 4 is 45.3 Å². The molecule has 30 heavy (non-hydrogen) atoms. The minimum atomic E-state index is -0.171. The Kier molecular flexibility index (Phi) is 5.87. The van der Waals surface area contributed by atoms with E-state index >= 15 is 0 Å². The molecule has 2 heterocycles. The highest BCUT2D eigenvalue weighted by molar-refractivity contribution is 7.99. The van der Waals surface area contributed by atoms with Gasteiger partial charge in [-0.1, -0.05) is 42.1 Å². The van der Waals surface area contributed by atoms with Crippen molar-refractivity contribution in [3.8, 4) is 0 Å². The number of aromatic amines is 1. The molecule has 1 amide bonds.